The maximum absolute atomic E-state index is 13.1. The molecule has 1 heterocycles. The summed E-state index contributed by atoms with van der Waals surface area (Å²) in [6.07, 6.45) is 7.61. The molecule has 4 heteroatoms. The quantitative estimate of drug-likeness (QED) is 0.546. The van der Waals surface area contributed by atoms with Gasteiger partial charge in [-0.1, -0.05) is 0 Å². The average Bonchev–Trinajstić information content (AvgIpc) is 2.48. The van der Waals surface area contributed by atoms with Crippen LogP contribution in [0.3, 0.4) is 0 Å². The summed E-state index contributed by atoms with van der Waals surface area (Å²) in [6.45, 7) is 6.77. The van der Waals surface area contributed by atoms with E-state index in [0.29, 0.717) is 0 Å². The molecule has 1 aromatic rings. The van der Waals surface area contributed by atoms with Crippen molar-refractivity contribution >= 4 is 22.1 Å². The number of aromatic nitrogens is 2. The number of hydrogen-bond acceptors (Lipinski definition) is 2. The first-order chi connectivity index (χ1) is 9.68. The number of hydrogen-bond donors (Lipinski definition) is 0. The molecule has 0 saturated carbocycles. The molecule has 0 aliphatic heterocycles. The van der Waals surface area contributed by atoms with Crippen molar-refractivity contribution in [1.29, 1.82) is 0 Å². The van der Waals surface area contributed by atoms with Gasteiger partial charge in [-0.15, -0.1) is 0 Å². The SMILES string of the molecule is CCC[CH2][Sn]([CH2]CCC)([CH2]CCC)[c]1ccc(F)nn1. The molecule has 1 rings (SSSR count). The Morgan fingerprint density at radius 2 is 1.35 bits per heavy atom. The van der Waals surface area contributed by atoms with Gasteiger partial charge in [-0.3, -0.25) is 0 Å². The van der Waals surface area contributed by atoms with E-state index in [4.69, 9.17) is 0 Å². The van der Waals surface area contributed by atoms with Gasteiger partial charge in [0.05, 0.1) is 0 Å². The fraction of sp³-hybridized carbons (Fsp3) is 0.750. The Hall–Kier alpha value is -0.191. The summed E-state index contributed by atoms with van der Waals surface area (Å²) >= 11 is -2.47. The van der Waals surface area contributed by atoms with E-state index in [9.17, 15) is 4.39 Å². The van der Waals surface area contributed by atoms with E-state index in [1.165, 1.54) is 61.6 Å². The fourth-order valence-electron chi connectivity index (χ4n) is 2.90. The Bertz CT molecular complexity index is 345. The second-order valence-electron chi connectivity index (χ2n) is 5.83. The van der Waals surface area contributed by atoms with E-state index in [2.05, 4.69) is 31.0 Å². The Kier molecular flexibility index (Phi) is 8.65. The zero-order chi connectivity index (χ0) is 14.8. The van der Waals surface area contributed by atoms with Gasteiger partial charge in [0.15, 0.2) is 0 Å². The zero-order valence-corrected chi connectivity index (χ0v) is 16.1. The van der Waals surface area contributed by atoms with Crippen LogP contribution in [-0.2, 0) is 0 Å². The van der Waals surface area contributed by atoms with Crippen LogP contribution in [0.2, 0.25) is 13.3 Å². The minimum atomic E-state index is -2.47. The molecule has 0 amide bonds. The van der Waals surface area contributed by atoms with Crippen molar-refractivity contribution in [3.8, 4) is 0 Å². The summed E-state index contributed by atoms with van der Waals surface area (Å²) < 4.78 is 18.3. The molecule has 0 fully saturated rings. The van der Waals surface area contributed by atoms with Crippen LogP contribution in [0.15, 0.2) is 12.1 Å². The second-order valence-corrected chi connectivity index (χ2v) is 18.9. The van der Waals surface area contributed by atoms with Gasteiger partial charge in [0.25, 0.3) is 0 Å². The Balaban J connectivity index is 3.00. The minimum absolute atomic E-state index is 0.449. The van der Waals surface area contributed by atoms with E-state index in [0.717, 1.165) is 0 Å². The standard InChI is InChI=1S/C4H2FN2.3C4H9.Sn/c5-4-2-1-3-6-7-4;3*1-3-4-2;/h1-2H;3*1,3-4H2,2H3;. The normalized spacial score (nSPS) is 11.8. The van der Waals surface area contributed by atoms with Gasteiger partial charge in [0.2, 0.25) is 0 Å². The molecule has 1 aromatic heterocycles. The Morgan fingerprint density at radius 1 is 0.850 bits per heavy atom. The first-order valence-electron chi connectivity index (χ1n) is 8.18. The van der Waals surface area contributed by atoms with Crippen molar-refractivity contribution in [3.63, 3.8) is 0 Å². The van der Waals surface area contributed by atoms with Crippen LogP contribution in [-0.4, -0.2) is 28.6 Å². The molecule has 114 valence electrons. The summed E-state index contributed by atoms with van der Waals surface area (Å²) in [5, 5.41) is 7.98. The van der Waals surface area contributed by atoms with Crippen LogP contribution < -0.4 is 3.71 Å². The molecule has 0 aliphatic rings. The number of nitrogens with zero attached hydrogens (tertiary/aromatic N) is 2. The van der Waals surface area contributed by atoms with Gasteiger partial charge in [-0.25, -0.2) is 0 Å². The summed E-state index contributed by atoms with van der Waals surface area (Å²) in [5.74, 6) is -0.449. The topological polar surface area (TPSA) is 25.8 Å². The van der Waals surface area contributed by atoms with Crippen molar-refractivity contribution in [2.45, 2.75) is 72.6 Å². The second kappa shape index (κ2) is 9.69. The molecule has 0 bridgehead atoms. The third-order valence-electron chi connectivity index (χ3n) is 4.20. The Labute approximate surface area is 127 Å². The number of unbranched alkanes of at least 4 members (excludes halogenated alkanes) is 3. The first-order valence-corrected chi connectivity index (χ1v) is 15.7. The van der Waals surface area contributed by atoms with Gasteiger partial charge in [0, 0.05) is 0 Å². The van der Waals surface area contributed by atoms with Crippen molar-refractivity contribution in [3.05, 3.63) is 18.1 Å². The van der Waals surface area contributed by atoms with Crippen LogP contribution in [0.1, 0.15) is 59.3 Å². The van der Waals surface area contributed by atoms with Gasteiger partial charge < -0.3 is 0 Å². The molecular weight excluding hydrogens is 358 g/mol. The predicted molar refractivity (Wildman–Crippen MR) is 86.5 cm³/mol. The van der Waals surface area contributed by atoms with Crippen molar-refractivity contribution in [1.82, 2.24) is 10.2 Å². The van der Waals surface area contributed by atoms with Gasteiger partial charge in [-0.05, 0) is 0 Å². The van der Waals surface area contributed by atoms with Gasteiger partial charge >= 0.3 is 127 Å². The van der Waals surface area contributed by atoms with E-state index in [1.54, 1.807) is 0 Å². The summed E-state index contributed by atoms with van der Waals surface area (Å²) in [4.78, 5) is 0. The molecule has 2 nitrogen and oxygen atoms in total. The third-order valence-corrected chi connectivity index (χ3v) is 19.3. The van der Waals surface area contributed by atoms with Crippen LogP contribution in [0.4, 0.5) is 4.39 Å². The van der Waals surface area contributed by atoms with Crippen molar-refractivity contribution < 1.29 is 4.39 Å². The molecular formula is C16H29FN2Sn. The third kappa shape index (κ3) is 5.30. The molecule has 0 radical (unpaired) electrons. The van der Waals surface area contributed by atoms with Crippen LogP contribution in [0.5, 0.6) is 0 Å². The predicted octanol–water partition coefficient (Wildman–Crippen LogP) is 4.67. The van der Waals surface area contributed by atoms with Gasteiger partial charge in [-0.2, -0.15) is 0 Å². The van der Waals surface area contributed by atoms with Gasteiger partial charge in [0.1, 0.15) is 0 Å². The van der Waals surface area contributed by atoms with E-state index < -0.39 is 24.3 Å². The first kappa shape index (κ1) is 17.9. The van der Waals surface area contributed by atoms with Crippen LogP contribution in [0, 0.1) is 5.95 Å². The molecule has 0 aromatic carbocycles. The molecule has 0 saturated heterocycles. The van der Waals surface area contributed by atoms with E-state index in [1.807, 2.05) is 6.07 Å². The molecule has 0 spiro atoms. The summed E-state index contributed by atoms with van der Waals surface area (Å²) in [5.41, 5.74) is 0. The molecule has 0 aliphatic carbocycles. The summed E-state index contributed by atoms with van der Waals surface area (Å²) in [6, 6.07) is 3.46. The van der Waals surface area contributed by atoms with Crippen molar-refractivity contribution in [2.24, 2.45) is 0 Å². The molecule has 0 N–H and O–H groups in total. The van der Waals surface area contributed by atoms with E-state index in [-0.39, 0.29) is 0 Å². The van der Waals surface area contributed by atoms with Crippen LogP contribution in [0.25, 0.3) is 0 Å². The maximum atomic E-state index is 13.1. The average molecular weight is 387 g/mol. The van der Waals surface area contributed by atoms with E-state index >= 15 is 0 Å². The monoisotopic (exact) mass is 388 g/mol. The molecule has 0 unspecified atom stereocenters. The molecule has 20 heavy (non-hydrogen) atoms. The zero-order valence-electron chi connectivity index (χ0n) is 13.3. The van der Waals surface area contributed by atoms with Crippen molar-refractivity contribution in [2.75, 3.05) is 0 Å². The number of halogens is 1. The van der Waals surface area contributed by atoms with Crippen LogP contribution >= 0.6 is 0 Å². The number of rotatable bonds is 10. The fourth-order valence-corrected chi connectivity index (χ4v) is 18.1. The molecule has 0 atom stereocenters. The Morgan fingerprint density at radius 3 is 1.70 bits per heavy atom. The summed E-state index contributed by atoms with van der Waals surface area (Å²) in [7, 11) is 0.